The molecule has 0 aromatic carbocycles. The monoisotopic (exact) mass is 179 g/mol. The molecule has 0 aliphatic rings. The molecule has 0 bridgehead atoms. The number of aromatic nitrogens is 4. The highest BCUT2D eigenvalue weighted by Gasteiger charge is 2.03. The van der Waals surface area contributed by atoms with Crippen LogP contribution in [0.2, 0.25) is 0 Å². The number of hydrogen-bond donors (Lipinski definition) is 2. The summed E-state index contributed by atoms with van der Waals surface area (Å²) in [4.78, 5) is 18.6. The van der Waals surface area contributed by atoms with Crippen LogP contribution in [0, 0.1) is 6.92 Å². The first-order valence-electron chi connectivity index (χ1n) is 3.86. The maximum atomic E-state index is 10.9. The number of aryl methyl sites for hydroxylation is 1. The Kier molecular flexibility index (Phi) is 1.63. The van der Waals surface area contributed by atoms with Crippen molar-refractivity contribution in [3.63, 3.8) is 0 Å². The second-order valence-corrected chi connectivity index (χ2v) is 2.76. The Labute approximate surface area is 73.4 Å². The zero-order valence-electron chi connectivity index (χ0n) is 7.11. The van der Waals surface area contributed by atoms with Gasteiger partial charge in [-0.05, 0) is 13.0 Å². The predicted octanol–water partition coefficient (Wildman–Crippen LogP) is -0.815. The van der Waals surface area contributed by atoms with Crippen LogP contribution in [-0.2, 0) is 6.54 Å². The molecule has 0 amide bonds. The van der Waals surface area contributed by atoms with E-state index in [-0.39, 0.29) is 0 Å². The van der Waals surface area contributed by atoms with Crippen molar-refractivity contribution in [2.24, 2.45) is 5.73 Å². The molecule has 68 valence electrons. The van der Waals surface area contributed by atoms with Gasteiger partial charge >= 0.3 is 5.69 Å². The first-order valence-corrected chi connectivity index (χ1v) is 3.86. The first-order chi connectivity index (χ1) is 6.20. The highest BCUT2D eigenvalue weighted by Crippen LogP contribution is 2.01. The molecule has 2 aromatic heterocycles. The van der Waals surface area contributed by atoms with E-state index in [0.717, 1.165) is 11.4 Å². The van der Waals surface area contributed by atoms with Gasteiger partial charge in [-0.2, -0.15) is 4.98 Å². The lowest BCUT2D eigenvalue weighted by atomic mass is 10.3. The lowest BCUT2D eigenvalue weighted by Crippen LogP contribution is -2.05. The molecule has 2 heterocycles. The number of H-pyrrole nitrogens is 1. The van der Waals surface area contributed by atoms with Gasteiger partial charge in [-0.3, -0.25) is 0 Å². The maximum absolute atomic E-state index is 10.9. The van der Waals surface area contributed by atoms with Crippen LogP contribution in [0.1, 0.15) is 11.4 Å². The number of hydrogen-bond acceptors (Lipinski definition) is 4. The zero-order chi connectivity index (χ0) is 9.42. The summed E-state index contributed by atoms with van der Waals surface area (Å²) in [5.41, 5.74) is 6.62. The van der Waals surface area contributed by atoms with Crippen molar-refractivity contribution in [1.29, 1.82) is 0 Å². The standard InChI is InChI=1S/C7H9N5O/c1-4-2-5(3-8)9-6-10-7(13)11-12(4)6/h2H,3,8H2,1H3,(H,11,13). The van der Waals surface area contributed by atoms with Gasteiger partial charge in [0.1, 0.15) is 0 Å². The van der Waals surface area contributed by atoms with E-state index < -0.39 is 5.69 Å². The quantitative estimate of drug-likeness (QED) is 0.598. The van der Waals surface area contributed by atoms with Gasteiger partial charge in [0, 0.05) is 12.2 Å². The van der Waals surface area contributed by atoms with E-state index in [1.54, 1.807) is 0 Å². The largest absolute Gasteiger partial charge is 0.363 e. The molecular formula is C7H9N5O. The first kappa shape index (κ1) is 7.93. The van der Waals surface area contributed by atoms with Crippen molar-refractivity contribution < 1.29 is 0 Å². The lowest BCUT2D eigenvalue weighted by molar-refractivity contribution is 0.855. The SMILES string of the molecule is Cc1cc(CN)nc2nc(=O)[nH]n12. The summed E-state index contributed by atoms with van der Waals surface area (Å²) in [6.45, 7) is 2.20. The molecule has 13 heavy (non-hydrogen) atoms. The number of aromatic amines is 1. The maximum Gasteiger partial charge on any atom is 0.363 e. The van der Waals surface area contributed by atoms with Crippen molar-refractivity contribution in [3.8, 4) is 0 Å². The summed E-state index contributed by atoms with van der Waals surface area (Å²) in [6, 6.07) is 1.81. The number of rotatable bonds is 1. The second kappa shape index (κ2) is 2.67. The van der Waals surface area contributed by atoms with Gasteiger partial charge in [0.2, 0.25) is 0 Å². The van der Waals surface area contributed by atoms with E-state index in [9.17, 15) is 4.79 Å². The topological polar surface area (TPSA) is 89.1 Å². The number of nitrogens with zero attached hydrogens (tertiary/aromatic N) is 3. The molecule has 2 aromatic rings. The van der Waals surface area contributed by atoms with Gasteiger partial charge in [0.05, 0.1) is 5.69 Å². The summed E-state index contributed by atoms with van der Waals surface area (Å²) < 4.78 is 1.53. The number of nitrogens with one attached hydrogen (secondary N) is 1. The second-order valence-electron chi connectivity index (χ2n) is 2.76. The third-order valence-corrected chi connectivity index (χ3v) is 1.79. The average Bonchev–Trinajstić information content (AvgIpc) is 2.46. The summed E-state index contributed by atoms with van der Waals surface area (Å²) in [5, 5.41) is 2.52. The van der Waals surface area contributed by atoms with Crippen LogP contribution in [0.25, 0.3) is 5.78 Å². The Morgan fingerprint density at radius 2 is 2.38 bits per heavy atom. The molecule has 0 radical (unpaired) electrons. The number of nitrogens with two attached hydrogens (primary N) is 1. The van der Waals surface area contributed by atoms with Crippen molar-refractivity contribution in [2.75, 3.05) is 0 Å². The van der Waals surface area contributed by atoms with E-state index in [4.69, 9.17) is 5.73 Å². The van der Waals surface area contributed by atoms with Gasteiger partial charge in [-0.15, -0.1) is 0 Å². The molecule has 0 fully saturated rings. The van der Waals surface area contributed by atoms with Crippen molar-refractivity contribution in [3.05, 3.63) is 27.9 Å². The number of fused-ring (bicyclic) bond motifs is 1. The molecule has 0 aliphatic carbocycles. The lowest BCUT2D eigenvalue weighted by Gasteiger charge is -2.00. The Morgan fingerprint density at radius 3 is 3.08 bits per heavy atom. The van der Waals surface area contributed by atoms with Crippen LogP contribution in [-0.4, -0.2) is 19.6 Å². The van der Waals surface area contributed by atoms with Gasteiger partial charge in [0.15, 0.2) is 0 Å². The van der Waals surface area contributed by atoms with Gasteiger partial charge in [-0.25, -0.2) is 19.4 Å². The molecule has 6 heteroatoms. The average molecular weight is 179 g/mol. The Balaban J connectivity index is 2.83. The van der Waals surface area contributed by atoms with E-state index >= 15 is 0 Å². The summed E-state index contributed by atoms with van der Waals surface area (Å²) >= 11 is 0. The van der Waals surface area contributed by atoms with E-state index in [1.807, 2.05) is 13.0 Å². The molecule has 6 nitrogen and oxygen atoms in total. The Morgan fingerprint density at radius 1 is 1.62 bits per heavy atom. The molecular weight excluding hydrogens is 170 g/mol. The third kappa shape index (κ3) is 1.20. The molecule has 3 N–H and O–H groups in total. The minimum Gasteiger partial charge on any atom is -0.325 e. The van der Waals surface area contributed by atoms with E-state index in [0.29, 0.717) is 12.3 Å². The minimum absolute atomic E-state index is 0.346. The molecule has 0 unspecified atom stereocenters. The normalized spacial score (nSPS) is 10.9. The highest BCUT2D eigenvalue weighted by atomic mass is 16.1. The van der Waals surface area contributed by atoms with Gasteiger partial charge in [-0.1, -0.05) is 0 Å². The van der Waals surface area contributed by atoms with Crippen LogP contribution < -0.4 is 11.4 Å². The fourth-order valence-corrected chi connectivity index (χ4v) is 1.20. The predicted molar refractivity (Wildman–Crippen MR) is 46.2 cm³/mol. The summed E-state index contributed by atoms with van der Waals surface area (Å²) in [6.07, 6.45) is 0. The zero-order valence-corrected chi connectivity index (χ0v) is 7.11. The van der Waals surface area contributed by atoms with Gasteiger partial charge < -0.3 is 5.73 Å². The van der Waals surface area contributed by atoms with E-state index in [1.165, 1.54) is 4.52 Å². The fourth-order valence-electron chi connectivity index (χ4n) is 1.20. The molecule has 0 aliphatic heterocycles. The Hall–Kier alpha value is -1.69. The van der Waals surface area contributed by atoms with Gasteiger partial charge in [0.25, 0.3) is 5.78 Å². The third-order valence-electron chi connectivity index (χ3n) is 1.79. The van der Waals surface area contributed by atoms with Crippen LogP contribution in [0.5, 0.6) is 0 Å². The molecule has 0 spiro atoms. The minimum atomic E-state index is -0.398. The van der Waals surface area contributed by atoms with Crippen LogP contribution in [0.3, 0.4) is 0 Å². The molecule has 0 saturated carbocycles. The Bertz CT molecular complexity index is 497. The molecule has 2 rings (SSSR count). The highest BCUT2D eigenvalue weighted by molar-refractivity contribution is 5.29. The van der Waals surface area contributed by atoms with E-state index in [2.05, 4.69) is 15.1 Å². The molecule has 0 saturated heterocycles. The van der Waals surface area contributed by atoms with Crippen molar-refractivity contribution >= 4 is 5.78 Å². The fraction of sp³-hybridized carbons (Fsp3) is 0.286. The molecule has 0 atom stereocenters. The summed E-state index contributed by atoms with van der Waals surface area (Å²) in [7, 11) is 0. The summed E-state index contributed by atoms with van der Waals surface area (Å²) in [5.74, 6) is 0.366. The van der Waals surface area contributed by atoms with Crippen LogP contribution in [0.15, 0.2) is 10.9 Å². The smallest absolute Gasteiger partial charge is 0.325 e. The van der Waals surface area contributed by atoms with Crippen LogP contribution in [0.4, 0.5) is 0 Å². The van der Waals surface area contributed by atoms with Crippen LogP contribution >= 0.6 is 0 Å². The van der Waals surface area contributed by atoms with Crippen molar-refractivity contribution in [2.45, 2.75) is 13.5 Å². The van der Waals surface area contributed by atoms with Crippen molar-refractivity contribution in [1.82, 2.24) is 19.6 Å².